The van der Waals surface area contributed by atoms with Gasteiger partial charge in [-0.15, -0.1) is 11.8 Å². The molecule has 1 aliphatic carbocycles. The number of hydrogen-bond acceptors (Lipinski definition) is 3. The van der Waals surface area contributed by atoms with Gasteiger partial charge in [-0.3, -0.25) is 0 Å². The summed E-state index contributed by atoms with van der Waals surface area (Å²) < 4.78 is 6.15. The van der Waals surface area contributed by atoms with Crippen molar-refractivity contribution in [3.05, 3.63) is 36.3 Å². The molecule has 1 N–H and O–H groups in total. The standard InChI is InChI=1S/C21H32O2S/c1-2-24-14-6-5-9-18-19(21-13-12-20(18)23-21)11-10-17(22)15-16-7-3-4-8-16/h2,5-6,10-11,16-22H,1,3-4,7-9,12-15H2/t17?,18-,19+,20-,21+/m0/s1. The normalized spacial score (nSPS) is 34.7. The molecule has 3 rings (SSSR count). The summed E-state index contributed by atoms with van der Waals surface area (Å²) in [5.74, 6) is 2.82. The lowest BCUT2D eigenvalue weighted by Gasteiger charge is -2.25. The third-order valence-corrected chi connectivity index (χ3v) is 6.60. The Kier molecular flexibility index (Phi) is 7.06. The van der Waals surface area contributed by atoms with E-state index in [1.165, 1.54) is 38.5 Å². The monoisotopic (exact) mass is 348 g/mol. The molecular weight excluding hydrogens is 316 g/mol. The molecule has 2 heterocycles. The van der Waals surface area contributed by atoms with Crippen LogP contribution in [0.15, 0.2) is 36.3 Å². The minimum Gasteiger partial charge on any atom is -0.389 e. The van der Waals surface area contributed by atoms with Crippen LogP contribution in [0.5, 0.6) is 0 Å². The Morgan fingerprint density at radius 3 is 2.71 bits per heavy atom. The van der Waals surface area contributed by atoms with E-state index in [-0.39, 0.29) is 6.10 Å². The van der Waals surface area contributed by atoms with Gasteiger partial charge in [0.15, 0.2) is 0 Å². The van der Waals surface area contributed by atoms with Crippen molar-refractivity contribution in [1.82, 2.24) is 0 Å². The highest BCUT2D eigenvalue weighted by atomic mass is 32.2. The number of aliphatic hydroxyl groups is 1. The summed E-state index contributed by atoms with van der Waals surface area (Å²) in [6.07, 6.45) is 19.2. The fourth-order valence-electron chi connectivity index (χ4n) is 4.75. The number of rotatable bonds is 9. The molecular formula is C21H32O2S. The van der Waals surface area contributed by atoms with Crippen molar-refractivity contribution in [3.8, 4) is 0 Å². The maximum atomic E-state index is 10.3. The molecule has 3 heteroatoms. The molecule has 1 saturated carbocycles. The summed E-state index contributed by atoms with van der Waals surface area (Å²) >= 11 is 1.73. The Bertz CT molecular complexity index is 453. The second kappa shape index (κ2) is 9.26. The maximum absolute atomic E-state index is 10.3. The first kappa shape index (κ1) is 18.3. The summed E-state index contributed by atoms with van der Waals surface area (Å²) in [4.78, 5) is 0. The zero-order chi connectivity index (χ0) is 16.8. The predicted molar refractivity (Wildman–Crippen MR) is 103 cm³/mol. The number of allylic oxidation sites excluding steroid dienone is 1. The Labute approximate surface area is 151 Å². The maximum Gasteiger partial charge on any atom is 0.0723 e. The molecule has 0 aromatic rings. The summed E-state index contributed by atoms with van der Waals surface area (Å²) in [5, 5.41) is 12.2. The molecule has 134 valence electrons. The molecule has 1 unspecified atom stereocenters. The summed E-state index contributed by atoms with van der Waals surface area (Å²) in [6.45, 7) is 3.73. The number of hydrogen-bond donors (Lipinski definition) is 1. The minimum atomic E-state index is -0.271. The van der Waals surface area contributed by atoms with Gasteiger partial charge in [0.05, 0.1) is 18.3 Å². The first-order valence-electron chi connectivity index (χ1n) is 9.67. The van der Waals surface area contributed by atoms with E-state index in [0.717, 1.165) is 24.5 Å². The van der Waals surface area contributed by atoms with Crippen molar-refractivity contribution < 1.29 is 9.84 Å². The largest absolute Gasteiger partial charge is 0.389 e. The van der Waals surface area contributed by atoms with E-state index in [0.29, 0.717) is 24.0 Å². The third-order valence-electron chi connectivity index (χ3n) is 5.98. The van der Waals surface area contributed by atoms with Crippen LogP contribution in [0.4, 0.5) is 0 Å². The van der Waals surface area contributed by atoms with E-state index in [9.17, 15) is 5.11 Å². The van der Waals surface area contributed by atoms with E-state index in [1.807, 2.05) is 5.41 Å². The van der Waals surface area contributed by atoms with Crippen molar-refractivity contribution in [2.24, 2.45) is 17.8 Å². The molecule has 2 bridgehead atoms. The Hall–Kier alpha value is -0.510. The number of aliphatic hydroxyl groups excluding tert-OH is 1. The van der Waals surface area contributed by atoms with E-state index in [2.05, 4.69) is 30.9 Å². The van der Waals surface area contributed by atoms with Crippen LogP contribution in [0.1, 0.15) is 51.4 Å². The molecule has 24 heavy (non-hydrogen) atoms. The topological polar surface area (TPSA) is 29.5 Å². The zero-order valence-corrected chi connectivity index (χ0v) is 15.5. The molecule has 2 aliphatic heterocycles. The number of ether oxygens (including phenoxy) is 1. The van der Waals surface area contributed by atoms with Gasteiger partial charge in [0.2, 0.25) is 0 Å². The number of thioether (sulfide) groups is 1. The average molecular weight is 349 g/mol. The van der Waals surface area contributed by atoms with Crippen molar-refractivity contribution in [2.45, 2.75) is 69.7 Å². The molecule has 3 aliphatic rings. The fraction of sp³-hybridized carbons (Fsp3) is 0.714. The summed E-state index contributed by atoms with van der Waals surface area (Å²) in [7, 11) is 0. The minimum absolute atomic E-state index is 0.271. The highest BCUT2D eigenvalue weighted by Gasteiger charge is 2.46. The van der Waals surface area contributed by atoms with Crippen LogP contribution in [-0.4, -0.2) is 29.2 Å². The SMILES string of the molecule is C=CSCC=CC[C@H]1[C@@H](C=CC(O)CC2CCCC2)[C@H]2CC[C@@H]1O2. The molecule has 3 fully saturated rings. The van der Waals surface area contributed by atoms with Gasteiger partial charge in [0.25, 0.3) is 0 Å². The highest BCUT2D eigenvalue weighted by molar-refractivity contribution is 8.02. The van der Waals surface area contributed by atoms with Crippen molar-refractivity contribution in [3.63, 3.8) is 0 Å². The molecule has 0 spiro atoms. The second-order valence-corrected chi connectivity index (χ2v) is 8.58. The van der Waals surface area contributed by atoms with Crippen molar-refractivity contribution in [2.75, 3.05) is 5.75 Å². The lowest BCUT2D eigenvalue weighted by Crippen LogP contribution is -2.25. The van der Waals surface area contributed by atoms with Crippen LogP contribution in [0.25, 0.3) is 0 Å². The van der Waals surface area contributed by atoms with Crippen LogP contribution in [-0.2, 0) is 4.74 Å². The average Bonchev–Trinajstić information content (AvgIpc) is 3.30. The van der Waals surface area contributed by atoms with Gasteiger partial charge in [-0.1, -0.05) is 56.6 Å². The molecule has 5 atom stereocenters. The molecule has 2 saturated heterocycles. The van der Waals surface area contributed by atoms with E-state index in [4.69, 9.17) is 4.74 Å². The predicted octanol–water partition coefficient (Wildman–Crippen LogP) is 5.10. The summed E-state index contributed by atoms with van der Waals surface area (Å²) in [5.41, 5.74) is 0. The lowest BCUT2D eigenvalue weighted by atomic mass is 9.77. The van der Waals surface area contributed by atoms with E-state index in [1.54, 1.807) is 11.8 Å². The van der Waals surface area contributed by atoms with Crippen LogP contribution in [0.3, 0.4) is 0 Å². The summed E-state index contributed by atoms with van der Waals surface area (Å²) in [6, 6.07) is 0. The second-order valence-electron chi connectivity index (χ2n) is 7.58. The van der Waals surface area contributed by atoms with Gasteiger partial charge >= 0.3 is 0 Å². The molecule has 0 amide bonds. The van der Waals surface area contributed by atoms with Gasteiger partial charge < -0.3 is 9.84 Å². The van der Waals surface area contributed by atoms with Crippen molar-refractivity contribution in [1.29, 1.82) is 0 Å². The van der Waals surface area contributed by atoms with Crippen LogP contribution < -0.4 is 0 Å². The molecule has 2 nitrogen and oxygen atoms in total. The first-order valence-corrected chi connectivity index (χ1v) is 10.7. The Morgan fingerprint density at radius 1 is 1.12 bits per heavy atom. The smallest absolute Gasteiger partial charge is 0.0723 e. The van der Waals surface area contributed by atoms with Gasteiger partial charge in [0.1, 0.15) is 0 Å². The highest BCUT2D eigenvalue weighted by Crippen LogP contribution is 2.46. The van der Waals surface area contributed by atoms with Crippen LogP contribution >= 0.6 is 11.8 Å². The molecule has 0 aromatic heterocycles. The zero-order valence-electron chi connectivity index (χ0n) is 14.7. The lowest BCUT2D eigenvalue weighted by molar-refractivity contribution is 0.0899. The van der Waals surface area contributed by atoms with Gasteiger partial charge in [-0.05, 0) is 42.9 Å². The quantitative estimate of drug-likeness (QED) is 0.464. The third kappa shape index (κ3) is 4.77. The van der Waals surface area contributed by atoms with E-state index >= 15 is 0 Å². The van der Waals surface area contributed by atoms with Gasteiger partial charge in [0, 0.05) is 11.7 Å². The van der Waals surface area contributed by atoms with Crippen LogP contribution in [0, 0.1) is 17.8 Å². The van der Waals surface area contributed by atoms with Gasteiger partial charge in [-0.2, -0.15) is 0 Å². The molecule has 0 radical (unpaired) electrons. The molecule has 0 aromatic carbocycles. The first-order chi connectivity index (χ1) is 11.8. The van der Waals surface area contributed by atoms with Gasteiger partial charge in [-0.25, -0.2) is 0 Å². The van der Waals surface area contributed by atoms with Crippen LogP contribution in [0.2, 0.25) is 0 Å². The number of fused-ring (bicyclic) bond motifs is 2. The Balaban J connectivity index is 1.50. The van der Waals surface area contributed by atoms with Crippen molar-refractivity contribution >= 4 is 11.8 Å². The van der Waals surface area contributed by atoms with E-state index < -0.39 is 0 Å². The fourth-order valence-corrected chi connectivity index (χ4v) is 5.14. The Morgan fingerprint density at radius 2 is 1.92 bits per heavy atom.